The van der Waals surface area contributed by atoms with Gasteiger partial charge in [-0.3, -0.25) is 4.79 Å². The zero-order valence-corrected chi connectivity index (χ0v) is 23.1. The van der Waals surface area contributed by atoms with Crippen molar-refractivity contribution < 1.29 is 14.3 Å². The maximum atomic E-state index is 13.6. The summed E-state index contributed by atoms with van der Waals surface area (Å²) in [4.78, 5) is 34.2. The van der Waals surface area contributed by atoms with Crippen LogP contribution in [-0.2, 0) is 0 Å². The number of amides is 3. The number of benzene rings is 2. The van der Waals surface area contributed by atoms with Crippen molar-refractivity contribution in [2.75, 3.05) is 51.6 Å². The van der Waals surface area contributed by atoms with Crippen LogP contribution in [0.2, 0.25) is 5.02 Å². The van der Waals surface area contributed by atoms with Crippen LogP contribution in [0.4, 0.5) is 16.3 Å². The molecule has 9 nitrogen and oxygen atoms in total. The van der Waals surface area contributed by atoms with Gasteiger partial charge in [0, 0.05) is 36.6 Å². The summed E-state index contributed by atoms with van der Waals surface area (Å²) in [7, 11) is 7.47. The van der Waals surface area contributed by atoms with Crippen LogP contribution < -0.4 is 15.0 Å². The van der Waals surface area contributed by atoms with Crippen LogP contribution in [0.1, 0.15) is 27.9 Å². The summed E-state index contributed by atoms with van der Waals surface area (Å²) in [5.74, 6) is 2.33. The predicted molar refractivity (Wildman–Crippen MR) is 156 cm³/mol. The molecule has 1 N–H and O–H groups in total. The monoisotopic (exact) mass is 546 g/mol. The third kappa shape index (κ3) is 8.57. The lowest BCUT2D eigenvalue weighted by atomic mass is 10.1. The Balaban J connectivity index is 1.79. The normalized spacial score (nSPS) is 10.8. The average Bonchev–Trinajstić information content (AvgIpc) is 2.93. The number of nitrogens with zero attached hydrogens (tertiary/aromatic N) is 5. The largest absolute Gasteiger partial charge is 0.497 e. The fraction of sp³-hybridized carbons (Fsp3) is 0.241. The molecule has 0 bridgehead atoms. The van der Waals surface area contributed by atoms with E-state index in [4.69, 9.17) is 22.8 Å². The lowest BCUT2D eigenvalue weighted by Gasteiger charge is -2.21. The third-order valence-electron chi connectivity index (χ3n) is 5.56. The summed E-state index contributed by atoms with van der Waals surface area (Å²) >= 11 is 5.98. The van der Waals surface area contributed by atoms with Gasteiger partial charge in [-0.05, 0) is 75.1 Å². The Morgan fingerprint density at radius 3 is 2.46 bits per heavy atom. The van der Waals surface area contributed by atoms with Crippen molar-refractivity contribution in [1.82, 2.24) is 14.9 Å². The summed E-state index contributed by atoms with van der Waals surface area (Å²) < 4.78 is 5.26. The number of ether oxygens (including phenoxy) is 1. The van der Waals surface area contributed by atoms with Crippen LogP contribution in [0.5, 0.6) is 5.75 Å². The smallest absolute Gasteiger partial charge is 0.334 e. The quantitative estimate of drug-likeness (QED) is 0.223. The standard InChI is InChI=1S/C29H31ClN6O3/c1-6-21-16-23(18-26(17-21)39-5)28(37)36(27-13-10-24(30)20-31-27)29(38)33-25-11-8-22(9-12-25)19-32-35(4)15-7-14-34(2)3/h1,8-13,16-20H,7,14-15H2,2-5H3,(H,33,38). The number of pyridine rings is 1. The number of carbonyl (C=O) groups is 2. The number of hydrogen-bond acceptors (Lipinski definition) is 7. The number of urea groups is 1. The fourth-order valence-electron chi connectivity index (χ4n) is 3.52. The number of hydrazone groups is 1. The van der Waals surface area contributed by atoms with Crippen LogP contribution in [-0.4, -0.2) is 74.4 Å². The molecule has 202 valence electrons. The summed E-state index contributed by atoms with van der Waals surface area (Å²) in [5, 5.41) is 9.45. The van der Waals surface area contributed by atoms with E-state index < -0.39 is 11.9 Å². The molecule has 0 radical (unpaired) electrons. The van der Waals surface area contributed by atoms with Crippen molar-refractivity contribution in [3.63, 3.8) is 0 Å². The number of rotatable bonds is 10. The van der Waals surface area contributed by atoms with E-state index in [2.05, 4.69) is 26.2 Å². The molecule has 1 heterocycles. The Bertz CT molecular complexity index is 1350. The zero-order chi connectivity index (χ0) is 28.4. The molecule has 0 aliphatic rings. The van der Waals surface area contributed by atoms with E-state index in [-0.39, 0.29) is 11.4 Å². The second-order valence-electron chi connectivity index (χ2n) is 8.90. The van der Waals surface area contributed by atoms with E-state index in [0.29, 0.717) is 22.0 Å². The molecule has 3 amide bonds. The minimum atomic E-state index is -0.707. The molecule has 39 heavy (non-hydrogen) atoms. The molecule has 3 aromatic rings. The second-order valence-corrected chi connectivity index (χ2v) is 9.34. The summed E-state index contributed by atoms with van der Waals surface area (Å²) in [6.45, 7) is 1.82. The Morgan fingerprint density at radius 2 is 1.85 bits per heavy atom. The van der Waals surface area contributed by atoms with E-state index >= 15 is 0 Å². The SMILES string of the molecule is C#Cc1cc(OC)cc(C(=O)N(C(=O)Nc2ccc(C=NN(C)CCCN(C)C)cc2)c2ccc(Cl)cn2)c1. The maximum Gasteiger partial charge on any atom is 0.334 e. The van der Waals surface area contributed by atoms with Gasteiger partial charge < -0.3 is 20.0 Å². The first kappa shape index (κ1) is 29.2. The van der Waals surface area contributed by atoms with E-state index in [0.717, 1.165) is 30.0 Å². The average molecular weight is 547 g/mol. The Morgan fingerprint density at radius 1 is 1.10 bits per heavy atom. The van der Waals surface area contributed by atoms with Gasteiger partial charge in [-0.1, -0.05) is 29.7 Å². The predicted octanol–water partition coefficient (Wildman–Crippen LogP) is 4.82. The molecule has 0 spiro atoms. The Hall–Kier alpha value is -4.39. The number of halogens is 1. The zero-order valence-electron chi connectivity index (χ0n) is 22.4. The van der Waals surface area contributed by atoms with Crippen LogP contribution in [0, 0.1) is 12.3 Å². The Labute approximate surface area is 234 Å². The number of imide groups is 1. The molecule has 0 fully saturated rings. The molecule has 0 unspecified atom stereocenters. The molecule has 1 aromatic heterocycles. The lowest BCUT2D eigenvalue weighted by molar-refractivity contribution is 0.0994. The third-order valence-corrected chi connectivity index (χ3v) is 5.78. The highest BCUT2D eigenvalue weighted by atomic mass is 35.5. The van der Waals surface area contributed by atoms with Crippen LogP contribution >= 0.6 is 11.6 Å². The molecule has 0 saturated heterocycles. The lowest BCUT2D eigenvalue weighted by Crippen LogP contribution is -2.40. The number of aromatic nitrogens is 1. The van der Waals surface area contributed by atoms with Gasteiger partial charge in [-0.2, -0.15) is 5.10 Å². The first-order valence-electron chi connectivity index (χ1n) is 12.1. The van der Waals surface area contributed by atoms with Gasteiger partial charge in [0.2, 0.25) is 0 Å². The number of hydrogen-bond donors (Lipinski definition) is 1. The van der Waals surface area contributed by atoms with Crippen molar-refractivity contribution in [3.8, 4) is 18.1 Å². The summed E-state index contributed by atoms with van der Waals surface area (Å²) in [6, 6.07) is 14.0. The van der Waals surface area contributed by atoms with Crippen LogP contribution in [0.25, 0.3) is 0 Å². The molecule has 0 saturated carbocycles. The number of methoxy groups -OCH3 is 1. The number of carbonyl (C=O) groups excluding carboxylic acids is 2. The summed E-state index contributed by atoms with van der Waals surface area (Å²) in [5.41, 5.74) is 1.94. The fourth-order valence-corrected chi connectivity index (χ4v) is 3.64. The van der Waals surface area contributed by atoms with Crippen molar-refractivity contribution in [3.05, 3.63) is 82.5 Å². The van der Waals surface area contributed by atoms with Gasteiger partial charge in [-0.25, -0.2) is 14.7 Å². The highest BCUT2D eigenvalue weighted by Gasteiger charge is 2.27. The Kier molecular flexibility index (Phi) is 10.4. The van der Waals surface area contributed by atoms with Gasteiger partial charge in [0.25, 0.3) is 5.91 Å². The minimum Gasteiger partial charge on any atom is -0.497 e. The molecule has 0 aliphatic carbocycles. The van der Waals surface area contributed by atoms with Gasteiger partial charge in [0.15, 0.2) is 0 Å². The van der Waals surface area contributed by atoms with Crippen LogP contribution in [0.3, 0.4) is 0 Å². The highest BCUT2D eigenvalue weighted by molar-refractivity contribution is 6.30. The molecule has 3 rings (SSSR count). The topological polar surface area (TPSA) is 90.4 Å². The van der Waals surface area contributed by atoms with Gasteiger partial charge in [-0.15, -0.1) is 6.42 Å². The van der Waals surface area contributed by atoms with Crippen molar-refractivity contribution in [1.29, 1.82) is 0 Å². The molecule has 10 heteroatoms. The van der Waals surface area contributed by atoms with Gasteiger partial charge in [0.1, 0.15) is 11.6 Å². The highest BCUT2D eigenvalue weighted by Crippen LogP contribution is 2.23. The first-order chi connectivity index (χ1) is 18.7. The van der Waals surface area contributed by atoms with E-state index in [1.54, 1.807) is 30.5 Å². The first-order valence-corrected chi connectivity index (χ1v) is 12.5. The maximum absolute atomic E-state index is 13.6. The summed E-state index contributed by atoms with van der Waals surface area (Å²) in [6.07, 6.45) is 9.65. The minimum absolute atomic E-state index is 0.0908. The number of anilines is 2. The van der Waals surface area contributed by atoms with Crippen molar-refractivity contribution >= 4 is 41.3 Å². The van der Waals surface area contributed by atoms with E-state index in [9.17, 15) is 9.59 Å². The van der Waals surface area contributed by atoms with Crippen molar-refractivity contribution in [2.24, 2.45) is 5.10 Å². The molecule has 0 aliphatic heterocycles. The molecule has 2 aromatic carbocycles. The van der Waals surface area contributed by atoms with E-state index in [1.165, 1.54) is 31.5 Å². The molecular formula is C29H31ClN6O3. The van der Waals surface area contributed by atoms with Crippen LogP contribution in [0.15, 0.2) is 65.9 Å². The second kappa shape index (κ2) is 14.0. The molecule has 0 atom stereocenters. The number of terminal acetylenes is 1. The van der Waals surface area contributed by atoms with Gasteiger partial charge in [0.05, 0.1) is 18.3 Å². The molecular weight excluding hydrogens is 516 g/mol. The number of nitrogens with one attached hydrogen (secondary N) is 1. The van der Waals surface area contributed by atoms with Crippen molar-refractivity contribution in [2.45, 2.75) is 6.42 Å². The van der Waals surface area contributed by atoms with Gasteiger partial charge >= 0.3 is 6.03 Å². The van der Waals surface area contributed by atoms with E-state index in [1.807, 2.05) is 38.3 Å².